The Morgan fingerprint density at radius 3 is 1.73 bits per heavy atom. The highest BCUT2D eigenvalue weighted by Gasteiger charge is 2.23. The Bertz CT molecular complexity index is 369. The van der Waals surface area contributed by atoms with Crippen molar-refractivity contribution in [3.8, 4) is 0 Å². The van der Waals surface area contributed by atoms with Gasteiger partial charge in [-0.25, -0.2) is 9.59 Å². The van der Waals surface area contributed by atoms with Gasteiger partial charge in [-0.1, -0.05) is 41.0 Å². The van der Waals surface area contributed by atoms with Crippen LogP contribution in [0.15, 0.2) is 11.1 Å². The maximum Gasteiger partial charge on any atom is 0.334 e. The van der Waals surface area contributed by atoms with Crippen LogP contribution in [0.3, 0.4) is 0 Å². The molecule has 128 valence electrons. The van der Waals surface area contributed by atoms with Crippen molar-refractivity contribution in [3.63, 3.8) is 0 Å². The first kappa shape index (κ1) is 20.7. The van der Waals surface area contributed by atoms with E-state index in [1.54, 1.807) is 0 Å². The molecule has 0 amide bonds. The highest BCUT2D eigenvalue weighted by atomic mass is 16.5. The average Bonchev–Trinajstić information content (AvgIpc) is 2.49. The summed E-state index contributed by atoms with van der Waals surface area (Å²) < 4.78 is 10.5. The maximum absolute atomic E-state index is 12.3. The third-order valence-corrected chi connectivity index (χ3v) is 3.12. The summed E-state index contributed by atoms with van der Waals surface area (Å²) in [5.41, 5.74) is 1.00. The molecule has 0 fully saturated rings. The second kappa shape index (κ2) is 12.2. The molecule has 4 heteroatoms. The summed E-state index contributed by atoms with van der Waals surface area (Å²) in [6.07, 6.45) is 4.48. The van der Waals surface area contributed by atoms with Crippen LogP contribution >= 0.6 is 0 Å². The van der Waals surface area contributed by atoms with Crippen LogP contribution in [0, 0.1) is 5.92 Å². The number of carbonyl (C=O) groups is 2. The molecule has 0 aliphatic rings. The molecule has 0 radical (unpaired) electrons. The van der Waals surface area contributed by atoms with Gasteiger partial charge in [-0.3, -0.25) is 0 Å². The lowest BCUT2D eigenvalue weighted by molar-refractivity contribution is -0.142. The second-order valence-electron chi connectivity index (χ2n) is 5.93. The largest absolute Gasteiger partial charge is 0.462 e. The van der Waals surface area contributed by atoms with E-state index in [4.69, 9.17) is 9.47 Å². The van der Waals surface area contributed by atoms with Crippen LogP contribution in [0.1, 0.15) is 73.1 Å². The van der Waals surface area contributed by atoms with E-state index in [1.807, 2.05) is 27.7 Å². The molecule has 0 saturated heterocycles. The first-order valence-corrected chi connectivity index (χ1v) is 8.54. The minimum absolute atomic E-state index is 0.278. The average molecular weight is 312 g/mol. The summed E-state index contributed by atoms with van der Waals surface area (Å²) in [6.45, 7) is 10.8. The van der Waals surface area contributed by atoms with E-state index in [-0.39, 0.29) is 17.9 Å². The molecule has 0 aliphatic heterocycles. The Hall–Kier alpha value is -1.32. The predicted octanol–water partition coefficient (Wildman–Crippen LogP) is 4.43. The van der Waals surface area contributed by atoms with Crippen LogP contribution in [-0.4, -0.2) is 25.2 Å². The van der Waals surface area contributed by atoms with E-state index < -0.39 is 0 Å². The van der Waals surface area contributed by atoms with E-state index >= 15 is 0 Å². The fourth-order valence-corrected chi connectivity index (χ4v) is 2.03. The third-order valence-electron chi connectivity index (χ3n) is 3.12. The van der Waals surface area contributed by atoms with E-state index in [0.717, 1.165) is 25.7 Å². The van der Waals surface area contributed by atoms with Crippen molar-refractivity contribution in [3.05, 3.63) is 11.1 Å². The standard InChI is InChI=1S/C18H32O4/c1-6-9-10-15(17(19)21-11-7-2)16(13-14(4)5)18(20)22-12-8-3/h14H,6-13H2,1-5H3. The lowest BCUT2D eigenvalue weighted by atomic mass is 9.95. The van der Waals surface area contributed by atoms with Gasteiger partial charge in [0, 0.05) is 11.1 Å². The molecule has 0 unspecified atom stereocenters. The van der Waals surface area contributed by atoms with Crippen molar-refractivity contribution < 1.29 is 19.1 Å². The topological polar surface area (TPSA) is 52.6 Å². The number of hydrogen-bond donors (Lipinski definition) is 0. The van der Waals surface area contributed by atoms with E-state index in [2.05, 4.69) is 6.92 Å². The zero-order valence-electron chi connectivity index (χ0n) is 14.9. The molecule has 0 spiro atoms. The van der Waals surface area contributed by atoms with E-state index in [1.165, 1.54) is 0 Å². The molecule has 0 rings (SSSR count). The van der Waals surface area contributed by atoms with Gasteiger partial charge < -0.3 is 9.47 Å². The van der Waals surface area contributed by atoms with Crippen molar-refractivity contribution in [1.82, 2.24) is 0 Å². The fourth-order valence-electron chi connectivity index (χ4n) is 2.03. The van der Waals surface area contributed by atoms with Crippen LogP contribution in [0.4, 0.5) is 0 Å². The number of ether oxygens (including phenoxy) is 2. The van der Waals surface area contributed by atoms with Crippen LogP contribution in [0.2, 0.25) is 0 Å². The molecular formula is C18H32O4. The highest BCUT2D eigenvalue weighted by molar-refractivity contribution is 6.00. The van der Waals surface area contributed by atoms with Gasteiger partial charge in [0.15, 0.2) is 0 Å². The highest BCUT2D eigenvalue weighted by Crippen LogP contribution is 2.22. The molecule has 0 aromatic carbocycles. The van der Waals surface area contributed by atoms with Gasteiger partial charge in [-0.2, -0.15) is 0 Å². The Balaban J connectivity index is 5.41. The van der Waals surface area contributed by atoms with Gasteiger partial charge in [0.05, 0.1) is 13.2 Å². The van der Waals surface area contributed by atoms with Crippen LogP contribution in [-0.2, 0) is 19.1 Å². The third kappa shape index (κ3) is 8.20. The molecule has 0 aliphatic carbocycles. The first-order chi connectivity index (χ1) is 10.5. The Morgan fingerprint density at radius 1 is 0.818 bits per heavy atom. The van der Waals surface area contributed by atoms with Gasteiger partial charge in [0.1, 0.15) is 0 Å². The Kier molecular flexibility index (Phi) is 11.5. The zero-order valence-corrected chi connectivity index (χ0v) is 14.9. The van der Waals surface area contributed by atoms with Crippen LogP contribution in [0.5, 0.6) is 0 Å². The van der Waals surface area contributed by atoms with Gasteiger partial charge in [-0.15, -0.1) is 0 Å². The summed E-state index contributed by atoms with van der Waals surface area (Å²) in [5.74, 6) is -0.450. The summed E-state index contributed by atoms with van der Waals surface area (Å²) in [4.78, 5) is 24.7. The fraction of sp³-hybridized carbons (Fsp3) is 0.778. The maximum atomic E-state index is 12.3. The molecule has 4 nitrogen and oxygen atoms in total. The lowest BCUT2D eigenvalue weighted by Gasteiger charge is -2.16. The summed E-state index contributed by atoms with van der Waals surface area (Å²) in [6, 6.07) is 0. The predicted molar refractivity (Wildman–Crippen MR) is 88.5 cm³/mol. The summed E-state index contributed by atoms with van der Waals surface area (Å²) in [7, 11) is 0. The quantitative estimate of drug-likeness (QED) is 0.418. The number of unbranched alkanes of at least 4 members (excludes halogenated alkanes) is 1. The van der Waals surface area contributed by atoms with Crippen molar-refractivity contribution in [1.29, 1.82) is 0 Å². The monoisotopic (exact) mass is 312 g/mol. The van der Waals surface area contributed by atoms with Crippen molar-refractivity contribution in [2.45, 2.75) is 73.1 Å². The summed E-state index contributed by atoms with van der Waals surface area (Å²) >= 11 is 0. The number of hydrogen-bond acceptors (Lipinski definition) is 4. The van der Waals surface area contributed by atoms with Gasteiger partial charge in [-0.05, 0) is 38.0 Å². The van der Waals surface area contributed by atoms with E-state index in [0.29, 0.717) is 37.2 Å². The molecule has 0 heterocycles. The van der Waals surface area contributed by atoms with Crippen molar-refractivity contribution in [2.24, 2.45) is 5.92 Å². The van der Waals surface area contributed by atoms with Crippen LogP contribution < -0.4 is 0 Å². The Labute approximate surface area is 135 Å². The number of carbonyl (C=O) groups excluding carboxylic acids is 2. The minimum Gasteiger partial charge on any atom is -0.462 e. The first-order valence-electron chi connectivity index (χ1n) is 8.54. The molecule has 0 bridgehead atoms. The van der Waals surface area contributed by atoms with Gasteiger partial charge in [0.25, 0.3) is 0 Å². The molecule has 0 atom stereocenters. The summed E-state index contributed by atoms with van der Waals surface area (Å²) in [5, 5.41) is 0. The van der Waals surface area contributed by atoms with E-state index in [9.17, 15) is 9.59 Å². The molecule has 0 aromatic heterocycles. The number of rotatable bonds is 11. The SMILES string of the molecule is CCCCC(C(=O)OCCC)=C(CC(C)C)C(=O)OCCC. The molecule has 0 aromatic rings. The lowest BCUT2D eigenvalue weighted by Crippen LogP contribution is -2.19. The number of esters is 2. The van der Waals surface area contributed by atoms with Gasteiger partial charge in [0.2, 0.25) is 0 Å². The normalized spacial score (nSPS) is 12.1. The van der Waals surface area contributed by atoms with Crippen molar-refractivity contribution >= 4 is 11.9 Å². The Morgan fingerprint density at radius 2 is 1.32 bits per heavy atom. The van der Waals surface area contributed by atoms with Crippen LogP contribution in [0.25, 0.3) is 0 Å². The zero-order chi connectivity index (χ0) is 17.0. The van der Waals surface area contributed by atoms with Gasteiger partial charge >= 0.3 is 11.9 Å². The molecule has 0 N–H and O–H groups in total. The molecule has 22 heavy (non-hydrogen) atoms. The molecular weight excluding hydrogens is 280 g/mol. The smallest absolute Gasteiger partial charge is 0.334 e. The minimum atomic E-state index is -0.366. The van der Waals surface area contributed by atoms with Crippen molar-refractivity contribution in [2.75, 3.05) is 13.2 Å². The second-order valence-corrected chi connectivity index (χ2v) is 5.93. The molecule has 0 saturated carbocycles.